The topological polar surface area (TPSA) is 100 Å². The first-order valence-electron chi connectivity index (χ1n) is 12.0. The lowest BCUT2D eigenvalue weighted by Gasteiger charge is -2.32. The number of likely N-dealkylation sites (tertiary alicyclic amines) is 1. The van der Waals surface area contributed by atoms with Crippen molar-refractivity contribution in [2.75, 3.05) is 19.6 Å². The number of phenolic OH excluding ortho intramolecular Hbond substituents is 1. The molecule has 4 rings (SSSR count). The second kappa shape index (κ2) is 11.5. The molecule has 1 aliphatic heterocycles. The Balaban J connectivity index is 1.33. The third-order valence-electron chi connectivity index (χ3n) is 6.23. The van der Waals surface area contributed by atoms with E-state index in [1.54, 1.807) is 42.9 Å². The van der Waals surface area contributed by atoms with E-state index in [-0.39, 0.29) is 23.5 Å². The Bertz CT molecular complexity index is 1180. The van der Waals surface area contributed by atoms with Crippen LogP contribution in [0.15, 0.2) is 61.2 Å². The van der Waals surface area contributed by atoms with Crippen LogP contribution in [-0.2, 0) is 11.3 Å². The van der Waals surface area contributed by atoms with Gasteiger partial charge < -0.3 is 19.9 Å². The van der Waals surface area contributed by atoms with E-state index < -0.39 is 0 Å². The Morgan fingerprint density at radius 3 is 2.77 bits per heavy atom. The summed E-state index contributed by atoms with van der Waals surface area (Å²) in [5.41, 5.74) is 3.09. The van der Waals surface area contributed by atoms with Crippen molar-refractivity contribution in [3.05, 3.63) is 83.7 Å². The number of hydrogen-bond acceptors (Lipinski definition) is 5. The summed E-state index contributed by atoms with van der Waals surface area (Å²) in [5.74, 6) is 0.135. The average Bonchev–Trinajstić information content (AvgIpc) is 3.39. The summed E-state index contributed by atoms with van der Waals surface area (Å²) in [6, 6.07) is 10.5. The molecule has 0 bridgehead atoms. The summed E-state index contributed by atoms with van der Waals surface area (Å²) in [4.78, 5) is 36.2. The normalized spacial score (nSPS) is 14.4. The van der Waals surface area contributed by atoms with Gasteiger partial charge in [0, 0.05) is 56.3 Å². The van der Waals surface area contributed by atoms with Crippen molar-refractivity contribution in [2.24, 2.45) is 0 Å². The van der Waals surface area contributed by atoms with Gasteiger partial charge in [-0.25, -0.2) is 4.98 Å². The van der Waals surface area contributed by atoms with Crippen LogP contribution < -0.4 is 5.32 Å². The minimum atomic E-state index is -0.106. The molecule has 1 aliphatic rings. The van der Waals surface area contributed by atoms with Gasteiger partial charge in [0.1, 0.15) is 5.75 Å². The predicted molar refractivity (Wildman–Crippen MR) is 134 cm³/mol. The van der Waals surface area contributed by atoms with Crippen LogP contribution >= 0.6 is 0 Å². The minimum Gasteiger partial charge on any atom is -0.508 e. The molecule has 0 radical (unpaired) electrons. The number of hydrogen-bond donors (Lipinski definition) is 2. The summed E-state index contributed by atoms with van der Waals surface area (Å²) >= 11 is 0. The summed E-state index contributed by atoms with van der Waals surface area (Å²) in [5, 5.41) is 12.6. The highest BCUT2D eigenvalue weighted by Gasteiger charge is 2.27. The van der Waals surface area contributed by atoms with E-state index in [0.717, 1.165) is 42.8 Å². The first-order valence-corrected chi connectivity index (χ1v) is 12.0. The van der Waals surface area contributed by atoms with Crippen LogP contribution in [-0.4, -0.2) is 56.0 Å². The van der Waals surface area contributed by atoms with Gasteiger partial charge in [0.25, 0.3) is 5.91 Å². The standard InChI is InChI=1S/C27H31N5O3/c1-20-6-8-24(27(35)29-12-3-14-31-17-13-28-19-31)26(30-20)22-10-15-32(16-11-22)25(34)9-7-21-4-2-5-23(33)18-21/h2,4-9,13,17-19,22,33H,3,10-12,14-16H2,1H3,(H,29,35)/b9-7+. The largest absolute Gasteiger partial charge is 0.508 e. The van der Waals surface area contributed by atoms with Crippen LogP contribution in [0, 0.1) is 6.92 Å². The number of nitrogens with zero attached hydrogens (tertiary/aromatic N) is 4. The fourth-order valence-electron chi connectivity index (χ4n) is 4.33. The van der Waals surface area contributed by atoms with E-state index in [1.165, 1.54) is 0 Å². The maximum atomic E-state index is 12.9. The molecule has 8 nitrogen and oxygen atoms in total. The van der Waals surface area contributed by atoms with Gasteiger partial charge in [-0.15, -0.1) is 0 Å². The van der Waals surface area contributed by atoms with Gasteiger partial charge in [0.15, 0.2) is 0 Å². The zero-order chi connectivity index (χ0) is 24.6. The molecular weight excluding hydrogens is 442 g/mol. The number of phenols is 1. The molecule has 1 aromatic carbocycles. The lowest BCUT2D eigenvalue weighted by atomic mass is 9.89. The van der Waals surface area contributed by atoms with Gasteiger partial charge in [-0.3, -0.25) is 14.6 Å². The number of amides is 2. The number of rotatable bonds is 8. The Morgan fingerprint density at radius 2 is 2.03 bits per heavy atom. The fourth-order valence-corrected chi connectivity index (χ4v) is 4.33. The predicted octanol–water partition coefficient (Wildman–Crippen LogP) is 3.53. The second-order valence-electron chi connectivity index (χ2n) is 8.82. The number of piperidine rings is 1. The van der Waals surface area contributed by atoms with E-state index in [4.69, 9.17) is 4.98 Å². The van der Waals surface area contributed by atoms with Gasteiger partial charge in [0.05, 0.1) is 17.6 Å². The van der Waals surface area contributed by atoms with Gasteiger partial charge >= 0.3 is 0 Å². The Kier molecular flexibility index (Phi) is 7.92. The van der Waals surface area contributed by atoms with Crippen molar-refractivity contribution in [3.63, 3.8) is 0 Å². The minimum absolute atomic E-state index is 0.0557. The van der Waals surface area contributed by atoms with E-state index >= 15 is 0 Å². The van der Waals surface area contributed by atoms with Crippen LogP contribution in [0.1, 0.15) is 52.5 Å². The van der Waals surface area contributed by atoms with E-state index in [9.17, 15) is 14.7 Å². The SMILES string of the molecule is Cc1ccc(C(=O)NCCCn2ccnc2)c(C2CCN(C(=O)/C=C/c3cccc(O)c3)CC2)n1. The maximum Gasteiger partial charge on any atom is 0.253 e. The molecule has 1 saturated heterocycles. The van der Waals surface area contributed by atoms with Gasteiger partial charge in [-0.05, 0) is 62.1 Å². The van der Waals surface area contributed by atoms with Crippen molar-refractivity contribution in [1.82, 2.24) is 24.8 Å². The highest BCUT2D eigenvalue weighted by Crippen LogP contribution is 2.29. The number of carbonyl (C=O) groups excluding carboxylic acids is 2. The lowest BCUT2D eigenvalue weighted by Crippen LogP contribution is -2.37. The number of aryl methyl sites for hydroxylation is 2. The number of benzene rings is 1. The zero-order valence-electron chi connectivity index (χ0n) is 19.9. The molecule has 182 valence electrons. The first-order chi connectivity index (χ1) is 17.0. The molecule has 8 heteroatoms. The molecule has 0 aliphatic carbocycles. The Hall–Kier alpha value is -3.94. The van der Waals surface area contributed by atoms with Crippen molar-refractivity contribution in [3.8, 4) is 5.75 Å². The third-order valence-corrected chi connectivity index (χ3v) is 6.23. The van der Waals surface area contributed by atoms with Crippen LogP contribution in [0.4, 0.5) is 0 Å². The molecule has 3 aromatic rings. The molecule has 2 aromatic heterocycles. The maximum absolute atomic E-state index is 12.9. The van der Waals surface area contributed by atoms with Crippen LogP contribution in [0.5, 0.6) is 5.75 Å². The quantitative estimate of drug-likeness (QED) is 0.385. The molecule has 1 fully saturated rings. The molecule has 2 N–H and O–H groups in total. The zero-order valence-corrected chi connectivity index (χ0v) is 19.9. The van der Waals surface area contributed by atoms with E-state index in [0.29, 0.717) is 25.2 Å². The van der Waals surface area contributed by atoms with Crippen molar-refractivity contribution >= 4 is 17.9 Å². The first kappa shape index (κ1) is 24.2. The monoisotopic (exact) mass is 473 g/mol. The van der Waals surface area contributed by atoms with E-state index in [2.05, 4.69) is 10.3 Å². The number of imidazole rings is 1. The third kappa shape index (κ3) is 6.56. The van der Waals surface area contributed by atoms with Crippen LogP contribution in [0.2, 0.25) is 0 Å². The lowest BCUT2D eigenvalue weighted by molar-refractivity contribution is -0.127. The van der Waals surface area contributed by atoms with Gasteiger partial charge in [-0.2, -0.15) is 0 Å². The molecule has 0 atom stereocenters. The highest BCUT2D eigenvalue weighted by atomic mass is 16.3. The smallest absolute Gasteiger partial charge is 0.253 e. The van der Waals surface area contributed by atoms with Crippen LogP contribution in [0.3, 0.4) is 0 Å². The van der Waals surface area contributed by atoms with Crippen LogP contribution in [0.25, 0.3) is 6.08 Å². The molecule has 3 heterocycles. The number of nitrogens with one attached hydrogen (secondary N) is 1. The van der Waals surface area contributed by atoms with E-state index in [1.807, 2.05) is 40.8 Å². The average molecular weight is 474 g/mol. The second-order valence-corrected chi connectivity index (χ2v) is 8.82. The van der Waals surface area contributed by atoms with Gasteiger partial charge in [-0.1, -0.05) is 12.1 Å². The van der Waals surface area contributed by atoms with Crippen molar-refractivity contribution < 1.29 is 14.7 Å². The molecular formula is C27H31N5O3. The number of carbonyl (C=O) groups is 2. The summed E-state index contributed by atoms with van der Waals surface area (Å²) in [6.45, 7) is 4.51. The molecule has 0 saturated carbocycles. The van der Waals surface area contributed by atoms with Crippen molar-refractivity contribution in [2.45, 2.75) is 38.6 Å². The molecule has 35 heavy (non-hydrogen) atoms. The number of pyridine rings is 1. The summed E-state index contributed by atoms with van der Waals surface area (Å²) in [6.07, 6.45) is 11.0. The molecule has 0 spiro atoms. The van der Waals surface area contributed by atoms with Gasteiger partial charge in [0.2, 0.25) is 5.91 Å². The summed E-state index contributed by atoms with van der Waals surface area (Å²) in [7, 11) is 0. The van der Waals surface area contributed by atoms with Crippen molar-refractivity contribution in [1.29, 1.82) is 0 Å². The Morgan fingerprint density at radius 1 is 1.20 bits per heavy atom. The molecule has 2 amide bonds. The fraction of sp³-hybridized carbons (Fsp3) is 0.333. The Labute approximate surface area is 205 Å². The molecule has 0 unspecified atom stereocenters. The number of aromatic hydroxyl groups is 1. The number of aromatic nitrogens is 3. The highest BCUT2D eigenvalue weighted by molar-refractivity contribution is 5.95. The summed E-state index contributed by atoms with van der Waals surface area (Å²) < 4.78 is 1.99.